The minimum Gasteiger partial charge on any atom is -0.267 e. The van der Waals surface area contributed by atoms with Crippen LogP contribution in [-0.2, 0) is 0 Å². The van der Waals surface area contributed by atoms with Crippen molar-refractivity contribution in [3.05, 3.63) is 99.4 Å². The molecule has 0 saturated carbocycles. The Morgan fingerprint density at radius 2 is 1.84 bits per heavy atom. The number of aryl methyl sites for hydroxylation is 1. The third-order valence-corrected chi connectivity index (χ3v) is 5.43. The van der Waals surface area contributed by atoms with Crippen molar-refractivity contribution in [3.8, 4) is 0 Å². The predicted octanol–water partition coefficient (Wildman–Crippen LogP) is 5.33. The first-order valence-electron chi connectivity index (χ1n) is 9.16. The highest BCUT2D eigenvalue weighted by Crippen LogP contribution is 2.30. The summed E-state index contributed by atoms with van der Waals surface area (Å²) >= 11 is 1.12. The SMILES string of the molecule is Cc1ccc(/C=N/N(C(=O)c2ccc([N+](=O)[O-])cc2)c2nc3ccc(F)cc3s2)cc1. The molecule has 154 valence electrons. The largest absolute Gasteiger partial charge is 0.280 e. The predicted molar refractivity (Wildman–Crippen MR) is 118 cm³/mol. The third kappa shape index (κ3) is 4.46. The Hall–Kier alpha value is -3.98. The summed E-state index contributed by atoms with van der Waals surface area (Å²) in [4.78, 5) is 27.9. The van der Waals surface area contributed by atoms with Gasteiger partial charge in [0.2, 0.25) is 5.13 Å². The van der Waals surface area contributed by atoms with Gasteiger partial charge in [-0.3, -0.25) is 14.9 Å². The molecule has 0 bridgehead atoms. The minimum atomic E-state index is -0.538. The highest BCUT2D eigenvalue weighted by molar-refractivity contribution is 7.22. The van der Waals surface area contributed by atoms with E-state index in [0.29, 0.717) is 10.2 Å². The topological polar surface area (TPSA) is 88.7 Å². The molecule has 1 heterocycles. The molecule has 9 heteroatoms. The molecule has 1 amide bonds. The van der Waals surface area contributed by atoms with E-state index in [1.54, 1.807) is 0 Å². The zero-order valence-corrected chi connectivity index (χ0v) is 17.0. The smallest absolute Gasteiger partial charge is 0.267 e. The van der Waals surface area contributed by atoms with E-state index in [1.165, 1.54) is 48.7 Å². The molecule has 3 aromatic carbocycles. The van der Waals surface area contributed by atoms with E-state index in [9.17, 15) is 19.3 Å². The van der Waals surface area contributed by atoms with E-state index in [4.69, 9.17) is 0 Å². The number of rotatable bonds is 5. The Morgan fingerprint density at radius 3 is 2.52 bits per heavy atom. The van der Waals surface area contributed by atoms with Crippen LogP contribution in [0.1, 0.15) is 21.5 Å². The van der Waals surface area contributed by atoms with Crippen LogP contribution >= 0.6 is 11.3 Å². The number of amides is 1. The van der Waals surface area contributed by atoms with Crippen LogP contribution in [0.2, 0.25) is 0 Å². The van der Waals surface area contributed by atoms with Crippen molar-refractivity contribution in [2.45, 2.75) is 6.92 Å². The average molecular weight is 434 g/mol. The second kappa shape index (κ2) is 8.41. The van der Waals surface area contributed by atoms with Gasteiger partial charge in [-0.15, -0.1) is 0 Å². The lowest BCUT2D eigenvalue weighted by atomic mass is 10.2. The van der Waals surface area contributed by atoms with Gasteiger partial charge >= 0.3 is 0 Å². The van der Waals surface area contributed by atoms with Gasteiger partial charge in [0.25, 0.3) is 11.6 Å². The number of non-ortho nitro benzene ring substituents is 1. The summed E-state index contributed by atoms with van der Waals surface area (Å²) in [7, 11) is 0. The molecule has 0 N–H and O–H groups in total. The third-order valence-electron chi connectivity index (χ3n) is 4.44. The van der Waals surface area contributed by atoms with E-state index in [0.717, 1.165) is 27.5 Å². The van der Waals surface area contributed by atoms with Crippen molar-refractivity contribution in [3.63, 3.8) is 0 Å². The minimum absolute atomic E-state index is 0.123. The van der Waals surface area contributed by atoms with Gasteiger partial charge in [-0.05, 0) is 42.8 Å². The van der Waals surface area contributed by atoms with Crippen molar-refractivity contribution >= 4 is 44.5 Å². The number of nitrogens with zero attached hydrogens (tertiary/aromatic N) is 4. The molecule has 0 saturated heterocycles. The van der Waals surface area contributed by atoms with Crippen molar-refractivity contribution < 1.29 is 14.1 Å². The molecule has 7 nitrogen and oxygen atoms in total. The maximum absolute atomic E-state index is 13.6. The van der Waals surface area contributed by atoms with Crippen LogP contribution in [0, 0.1) is 22.9 Å². The molecule has 0 unspecified atom stereocenters. The van der Waals surface area contributed by atoms with Gasteiger partial charge < -0.3 is 0 Å². The van der Waals surface area contributed by atoms with Crippen LogP contribution in [0.3, 0.4) is 0 Å². The number of fused-ring (bicyclic) bond motifs is 1. The zero-order chi connectivity index (χ0) is 22.0. The number of nitro groups is 1. The Labute approximate surface area is 180 Å². The van der Waals surface area contributed by atoms with E-state index in [1.807, 2.05) is 31.2 Å². The molecule has 0 radical (unpaired) electrons. The number of benzene rings is 3. The van der Waals surface area contributed by atoms with Crippen molar-refractivity contribution in [2.24, 2.45) is 5.10 Å². The normalized spacial score (nSPS) is 11.2. The average Bonchev–Trinajstić information content (AvgIpc) is 3.17. The second-order valence-corrected chi connectivity index (χ2v) is 7.69. The summed E-state index contributed by atoms with van der Waals surface area (Å²) in [5.74, 6) is -0.920. The number of halogens is 1. The van der Waals surface area contributed by atoms with Crippen LogP contribution in [0.25, 0.3) is 10.2 Å². The zero-order valence-electron chi connectivity index (χ0n) is 16.2. The van der Waals surface area contributed by atoms with E-state index in [-0.39, 0.29) is 16.4 Å². The highest BCUT2D eigenvalue weighted by atomic mass is 32.1. The van der Waals surface area contributed by atoms with E-state index in [2.05, 4.69) is 10.1 Å². The van der Waals surface area contributed by atoms with E-state index >= 15 is 0 Å². The second-order valence-electron chi connectivity index (χ2n) is 6.68. The lowest BCUT2D eigenvalue weighted by Gasteiger charge is -2.13. The first kappa shape index (κ1) is 20.3. The lowest BCUT2D eigenvalue weighted by molar-refractivity contribution is -0.384. The maximum Gasteiger partial charge on any atom is 0.280 e. The van der Waals surface area contributed by atoms with Gasteiger partial charge in [0.15, 0.2) is 0 Å². The Kier molecular flexibility index (Phi) is 5.50. The molecule has 4 rings (SSSR count). The van der Waals surface area contributed by atoms with Crippen LogP contribution in [0.15, 0.2) is 71.8 Å². The van der Waals surface area contributed by atoms with Gasteiger partial charge in [-0.1, -0.05) is 41.2 Å². The first-order valence-corrected chi connectivity index (χ1v) is 9.98. The number of thiazole rings is 1. The number of anilines is 1. The van der Waals surface area contributed by atoms with Gasteiger partial charge in [0.05, 0.1) is 21.4 Å². The maximum atomic E-state index is 13.6. The van der Waals surface area contributed by atoms with Crippen LogP contribution in [0.5, 0.6) is 0 Å². The molecular weight excluding hydrogens is 419 g/mol. The van der Waals surface area contributed by atoms with Gasteiger partial charge in [-0.2, -0.15) is 10.1 Å². The summed E-state index contributed by atoms with van der Waals surface area (Å²) in [6.45, 7) is 1.96. The van der Waals surface area contributed by atoms with Crippen LogP contribution in [0.4, 0.5) is 15.2 Å². The first-order chi connectivity index (χ1) is 14.9. The highest BCUT2D eigenvalue weighted by Gasteiger charge is 2.22. The summed E-state index contributed by atoms with van der Waals surface area (Å²) in [5.41, 5.74) is 2.48. The Morgan fingerprint density at radius 1 is 1.13 bits per heavy atom. The number of hydrogen-bond donors (Lipinski definition) is 0. The summed E-state index contributed by atoms with van der Waals surface area (Å²) in [6, 6.07) is 17.0. The molecular formula is C22H15FN4O3S. The number of nitro benzene ring substituents is 1. The van der Waals surface area contributed by atoms with Crippen molar-refractivity contribution in [1.82, 2.24) is 4.98 Å². The van der Waals surface area contributed by atoms with Crippen molar-refractivity contribution in [1.29, 1.82) is 0 Å². The summed E-state index contributed by atoms with van der Waals surface area (Å²) in [6.07, 6.45) is 1.52. The molecule has 0 atom stereocenters. The molecule has 0 aliphatic carbocycles. The quantitative estimate of drug-likeness (QED) is 0.241. The molecule has 0 fully saturated rings. The molecule has 1 aromatic heterocycles. The number of hydrazone groups is 1. The van der Waals surface area contributed by atoms with Crippen LogP contribution in [-0.4, -0.2) is 22.0 Å². The fourth-order valence-electron chi connectivity index (χ4n) is 2.79. The van der Waals surface area contributed by atoms with Crippen LogP contribution < -0.4 is 5.01 Å². The lowest BCUT2D eigenvalue weighted by Crippen LogP contribution is -2.25. The molecule has 4 aromatic rings. The van der Waals surface area contributed by atoms with E-state index < -0.39 is 16.6 Å². The number of aromatic nitrogens is 1. The molecule has 0 aliphatic heterocycles. The van der Waals surface area contributed by atoms with Gasteiger partial charge in [-0.25, -0.2) is 9.37 Å². The summed E-state index contributed by atoms with van der Waals surface area (Å²) < 4.78 is 14.2. The molecule has 0 aliphatic rings. The number of hydrogen-bond acceptors (Lipinski definition) is 6. The number of carbonyl (C=O) groups is 1. The summed E-state index contributed by atoms with van der Waals surface area (Å²) in [5, 5.41) is 16.6. The Bertz CT molecular complexity index is 1300. The fourth-order valence-corrected chi connectivity index (χ4v) is 3.74. The molecule has 0 spiro atoms. The standard InChI is InChI=1S/C22H15FN4O3S/c1-14-2-4-15(5-3-14)13-24-26(21(28)16-6-9-18(10-7-16)27(29)30)22-25-19-11-8-17(23)12-20(19)31-22/h2-13H,1H3/b24-13+. The van der Waals surface area contributed by atoms with Gasteiger partial charge in [0, 0.05) is 17.7 Å². The number of carbonyl (C=O) groups excluding carboxylic acids is 1. The monoisotopic (exact) mass is 434 g/mol. The Balaban J connectivity index is 1.74. The fraction of sp³-hybridized carbons (Fsp3) is 0.0455. The molecule has 31 heavy (non-hydrogen) atoms. The van der Waals surface area contributed by atoms with Crippen molar-refractivity contribution in [2.75, 3.05) is 5.01 Å². The van der Waals surface area contributed by atoms with Gasteiger partial charge in [0.1, 0.15) is 5.82 Å².